The topological polar surface area (TPSA) is 98.1 Å². The Bertz CT molecular complexity index is 817. The van der Waals surface area contributed by atoms with Crippen LogP contribution in [0.4, 0.5) is 0 Å². The summed E-state index contributed by atoms with van der Waals surface area (Å²) in [5.41, 5.74) is 0. The highest BCUT2D eigenvalue weighted by Gasteiger charge is 2.30. The lowest BCUT2D eigenvalue weighted by molar-refractivity contribution is -0.120. The zero-order valence-corrected chi connectivity index (χ0v) is 15.0. The van der Waals surface area contributed by atoms with E-state index >= 15 is 0 Å². The summed E-state index contributed by atoms with van der Waals surface area (Å²) >= 11 is 0. The molecule has 1 amide bonds. The van der Waals surface area contributed by atoms with Crippen LogP contribution in [0.5, 0.6) is 11.5 Å². The summed E-state index contributed by atoms with van der Waals surface area (Å²) in [6.45, 7) is -0.455. The Morgan fingerprint density at radius 1 is 1.24 bits per heavy atom. The third-order valence-electron chi connectivity index (χ3n) is 3.50. The van der Waals surface area contributed by atoms with Gasteiger partial charge >= 0.3 is 0 Å². The smallest absolute Gasteiger partial charge is 0.247 e. The predicted octanol–water partition coefficient (Wildman–Crippen LogP) is 1.23. The number of hydrogen-bond acceptors (Lipinski definition) is 6. The maximum absolute atomic E-state index is 13.1. The molecule has 8 nitrogen and oxygen atoms in total. The van der Waals surface area contributed by atoms with E-state index in [-0.39, 0.29) is 23.7 Å². The van der Waals surface area contributed by atoms with Crippen molar-refractivity contribution in [3.63, 3.8) is 0 Å². The second-order valence-electron chi connectivity index (χ2n) is 5.04. The standard InChI is InChI=1S/C16H20N2O6S/c1-17-16(19)11-18(10-13-5-4-8-24-13)25(20,21)15-9-12(22-2)6-7-14(15)23-3/h4-9H,10-11H2,1-3H3,(H,17,19). The van der Waals surface area contributed by atoms with Gasteiger partial charge in [0.2, 0.25) is 15.9 Å². The molecule has 1 N–H and O–H groups in total. The number of benzene rings is 1. The number of carbonyl (C=O) groups excluding carboxylic acids is 1. The van der Waals surface area contributed by atoms with E-state index in [1.807, 2.05) is 0 Å². The highest BCUT2D eigenvalue weighted by atomic mass is 32.2. The summed E-state index contributed by atoms with van der Waals surface area (Å²) in [7, 11) is 0.192. The molecule has 0 saturated heterocycles. The number of ether oxygens (including phenoxy) is 2. The molecule has 0 spiro atoms. The van der Waals surface area contributed by atoms with E-state index in [0.29, 0.717) is 11.5 Å². The average Bonchev–Trinajstić information content (AvgIpc) is 3.13. The largest absolute Gasteiger partial charge is 0.497 e. The van der Waals surface area contributed by atoms with Gasteiger partial charge in [-0.3, -0.25) is 4.79 Å². The Kier molecular flexibility index (Phi) is 6.05. The van der Waals surface area contributed by atoms with E-state index in [1.54, 1.807) is 18.2 Å². The van der Waals surface area contributed by atoms with E-state index < -0.39 is 15.9 Å². The molecular formula is C16H20N2O6S. The molecule has 25 heavy (non-hydrogen) atoms. The van der Waals surface area contributed by atoms with E-state index in [4.69, 9.17) is 13.9 Å². The highest BCUT2D eigenvalue weighted by Crippen LogP contribution is 2.31. The summed E-state index contributed by atoms with van der Waals surface area (Å²) < 4.78 is 42.8. The molecule has 1 aromatic heterocycles. The fourth-order valence-electron chi connectivity index (χ4n) is 2.17. The summed E-state index contributed by atoms with van der Waals surface area (Å²) in [6, 6.07) is 7.72. The number of likely N-dealkylation sites (N-methyl/N-ethyl adjacent to an activating group) is 1. The Balaban J connectivity index is 2.48. The minimum absolute atomic E-state index is 0.0928. The fraction of sp³-hybridized carbons (Fsp3) is 0.312. The third-order valence-corrected chi connectivity index (χ3v) is 5.31. The number of carbonyl (C=O) groups is 1. The van der Waals surface area contributed by atoms with Crippen LogP contribution in [0.3, 0.4) is 0 Å². The van der Waals surface area contributed by atoms with Crippen LogP contribution in [-0.4, -0.2) is 46.4 Å². The maximum Gasteiger partial charge on any atom is 0.247 e. The first-order chi connectivity index (χ1) is 11.9. The molecule has 2 rings (SSSR count). The van der Waals surface area contributed by atoms with Crippen molar-refractivity contribution in [1.29, 1.82) is 0 Å². The first-order valence-electron chi connectivity index (χ1n) is 7.37. The average molecular weight is 368 g/mol. The van der Waals surface area contributed by atoms with Gasteiger partial charge in [0.25, 0.3) is 0 Å². The molecule has 0 atom stereocenters. The van der Waals surface area contributed by atoms with Gasteiger partial charge in [0, 0.05) is 13.1 Å². The van der Waals surface area contributed by atoms with Crippen LogP contribution in [-0.2, 0) is 21.4 Å². The minimum atomic E-state index is -4.05. The van der Waals surface area contributed by atoms with Gasteiger partial charge in [-0.05, 0) is 24.3 Å². The number of nitrogens with zero attached hydrogens (tertiary/aromatic N) is 1. The van der Waals surface area contributed by atoms with Crippen LogP contribution in [0.15, 0.2) is 45.9 Å². The summed E-state index contributed by atoms with van der Waals surface area (Å²) in [6.07, 6.45) is 1.44. The molecule has 0 aliphatic rings. The number of rotatable bonds is 8. The molecule has 0 aliphatic carbocycles. The van der Waals surface area contributed by atoms with Crippen molar-refractivity contribution < 1.29 is 27.1 Å². The lowest BCUT2D eigenvalue weighted by Gasteiger charge is -2.22. The normalized spacial score (nSPS) is 11.4. The van der Waals surface area contributed by atoms with Crippen LogP contribution in [0, 0.1) is 0 Å². The second kappa shape index (κ2) is 8.04. The molecule has 9 heteroatoms. The van der Waals surface area contributed by atoms with Crippen LogP contribution in [0.1, 0.15) is 5.76 Å². The van der Waals surface area contributed by atoms with Gasteiger partial charge in [-0.1, -0.05) is 0 Å². The Morgan fingerprint density at radius 2 is 2.00 bits per heavy atom. The van der Waals surface area contributed by atoms with Crippen LogP contribution in [0.2, 0.25) is 0 Å². The molecular weight excluding hydrogens is 348 g/mol. The molecule has 1 aromatic carbocycles. The molecule has 1 heterocycles. The molecule has 0 saturated carbocycles. The molecule has 0 radical (unpaired) electrons. The van der Waals surface area contributed by atoms with E-state index in [9.17, 15) is 13.2 Å². The second-order valence-corrected chi connectivity index (χ2v) is 6.95. The lowest BCUT2D eigenvalue weighted by atomic mass is 10.3. The number of nitrogens with one attached hydrogen (secondary N) is 1. The van der Waals surface area contributed by atoms with E-state index in [0.717, 1.165) is 4.31 Å². The first-order valence-corrected chi connectivity index (χ1v) is 8.81. The number of methoxy groups -OCH3 is 2. The molecule has 0 aliphatic heterocycles. The predicted molar refractivity (Wildman–Crippen MR) is 89.9 cm³/mol. The Hall–Kier alpha value is -2.52. The Labute approximate surface area is 146 Å². The van der Waals surface area contributed by atoms with Crippen molar-refractivity contribution in [3.8, 4) is 11.5 Å². The lowest BCUT2D eigenvalue weighted by Crippen LogP contribution is -2.39. The van der Waals surface area contributed by atoms with Gasteiger partial charge in [0.1, 0.15) is 22.2 Å². The quantitative estimate of drug-likeness (QED) is 0.753. The van der Waals surface area contributed by atoms with Gasteiger partial charge < -0.3 is 19.2 Å². The molecule has 136 valence electrons. The SMILES string of the molecule is CNC(=O)CN(Cc1ccco1)S(=O)(=O)c1cc(OC)ccc1OC. The zero-order valence-electron chi connectivity index (χ0n) is 14.2. The van der Waals surface area contributed by atoms with Crippen molar-refractivity contribution in [2.75, 3.05) is 27.8 Å². The fourth-order valence-corrected chi connectivity index (χ4v) is 3.70. The van der Waals surface area contributed by atoms with E-state index in [1.165, 1.54) is 39.7 Å². The van der Waals surface area contributed by atoms with Gasteiger partial charge in [-0.15, -0.1) is 0 Å². The van der Waals surface area contributed by atoms with Crippen molar-refractivity contribution in [2.45, 2.75) is 11.4 Å². The number of hydrogen-bond donors (Lipinski definition) is 1. The zero-order chi connectivity index (χ0) is 18.4. The minimum Gasteiger partial charge on any atom is -0.497 e. The van der Waals surface area contributed by atoms with Crippen LogP contribution in [0.25, 0.3) is 0 Å². The van der Waals surface area contributed by atoms with Crippen molar-refractivity contribution in [2.24, 2.45) is 0 Å². The van der Waals surface area contributed by atoms with Gasteiger partial charge in [0.05, 0.1) is 33.6 Å². The van der Waals surface area contributed by atoms with Crippen LogP contribution < -0.4 is 14.8 Å². The number of sulfonamides is 1. The van der Waals surface area contributed by atoms with Crippen molar-refractivity contribution in [1.82, 2.24) is 9.62 Å². The first kappa shape index (κ1) is 18.8. The maximum atomic E-state index is 13.1. The number of furan rings is 1. The highest BCUT2D eigenvalue weighted by molar-refractivity contribution is 7.89. The summed E-state index contributed by atoms with van der Waals surface area (Å²) in [5, 5.41) is 2.42. The molecule has 0 unspecified atom stereocenters. The molecule has 0 bridgehead atoms. The Morgan fingerprint density at radius 3 is 2.56 bits per heavy atom. The van der Waals surface area contributed by atoms with Crippen LogP contribution >= 0.6 is 0 Å². The van der Waals surface area contributed by atoms with Gasteiger partial charge in [-0.2, -0.15) is 4.31 Å². The monoisotopic (exact) mass is 368 g/mol. The van der Waals surface area contributed by atoms with Gasteiger partial charge in [-0.25, -0.2) is 8.42 Å². The summed E-state index contributed by atoms with van der Waals surface area (Å²) in [5.74, 6) is 0.478. The van der Waals surface area contributed by atoms with Gasteiger partial charge in [0.15, 0.2) is 0 Å². The van der Waals surface area contributed by atoms with E-state index in [2.05, 4.69) is 5.32 Å². The number of amides is 1. The van der Waals surface area contributed by atoms with Crippen molar-refractivity contribution in [3.05, 3.63) is 42.4 Å². The summed E-state index contributed by atoms with van der Waals surface area (Å²) in [4.78, 5) is 11.7. The van der Waals surface area contributed by atoms with Crippen molar-refractivity contribution >= 4 is 15.9 Å². The molecule has 0 fully saturated rings. The molecule has 2 aromatic rings. The third kappa shape index (κ3) is 4.31.